The highest BCUT2D eigenvalue weighted by Gasteiger charge is 2.19. The number of likely N-dealkylation sites (N-methyl/N-ethyl adjacent to an activating group) is 1. The van der Waals surface area contributed by atoms with E-state index in [9.17, 15) is 14.9 Å². The van der Waals surface area contributed by atoms with Crippen LogP contribution < -0.4 is 10.2 Å². The average Bonchev–Trinajstić information content (AvgIpc) is 2.47. The SMILES string of the molecule is CN1CC(=O)Nc2ccc(-c3cccc([N+](=O)[O-])c3)cc21. The third-order valence-corrected chi connectivity index (χ3v) is 3.45. The first kappa shape index (κ1) is 13.1. The number of non-ortho nitro benzene ring substituents is 1. The molecule has 0 saturated heterocycles. The van der Waals surface area contributed by atoms with Crippen LogP contribution in [0.4, 0.5) is 17.1 Å². The minimum atomic E-state index is -0.408. The summed E-state index contributed by atoms with van der Waals surface area (Å²) >= 11 is 0. The fourth-order valence-electron chi connectivity index (χ4n) is 2.42. The molecule has 6 nitrogen and oxygen atoms in total. The van der Waals surface area contributed by atoms with Crippen LogP contribution in [0.5, 0.6) is 0 Å². The monoisotopic (exact) mass is 283 g/mol. The van der Waals surface area contributed by atoms with Crippen LogP contribution in [0, 0.1) is 10.1 Å². The first-order valence-corrected chi connectivity index (χ1v) is 6.44. The summed E-state index contributed by atoms with van der Waals surface area (Å²) < 4.78 is 0. The number of nitro groups is 1. The Bertz CT molecular complexity index is 743. The molecule has 1 aliphatic rings. The first-order valence-electron chi connectivity index (χ1n) is 6.44. The van der Waals surface area contributed by atoms with Crippen LogP contribution >= 0.6 is 0 Å². The Morgan fingerprint density at radius 2 is 1.95 bits per heavy atom. The largest absolute Gasteiger partial charge is 0.364 e. The summed E-state index contributed by atoms with van der Waals surface area (Å²) in [5, 5.41) is 13.7. The molecule has 1 heterocycles. The van der Waals surface area contributed by atoms with Crippen molar-refractivity contribution in [2.45, 2.75) is 0 Å². The van der Waals surface area contributed by atoms with Gasteiger partial charge in [0.05, 0.1) is 22.8 Å². The van der Waals surface area contributed by atoms with E-state index in [1.807, 2.05) is 36.2 Å². The van der Waals surface area contributed by atoms with Crippen LogP contribution in [0.1, 0.15) is 0 Å². The zero-order valence-electron chi connectivity index (χ0n) is 11.4. The van der Waals surface area contributed by atoms with Crippen molar-refractivity contribution < 1.29 is 9.72 Å². The Kier molecular flexibility index (Phi) is 3.06. The summed E-state index contributed by atoms with van der Waals surface area (Å²) in [6, 6.07) is 12.1. The summed E-state index contributed by atoms with van der Waals surface area (Å²) in [5.41, 5.74) is 3.37. The van der Waals surface area contributed by atoms with Gasteiger partial charge in [-0.1, -0.05) is 18.2 Å². The number of carbonyl (C=O) groups is 1. The molecule has 1 amide bonds. The summed E-state index contributed by atoms with van der Waals surface area (Å²) in [6.07, 6.45) is 0. The Hall–Kier alpha value is -2.89. The molecule has 0 aliphatic carbocycles. The molecule has 0 unspecified atom stereocenters. The van der Waals surface area contributed by atoms with Crippen molar-refractivity contribution in [1.29, 1.82) is 0 Å². The van der Waals surface area contributed by atoms with Crippen LogP contribution in [0.25, 0.3) is 11.1 Å². The third kappa shape index (κ3) is 2.43. The number of rotatable bonds is 2. The van der Waals surface area contributed by atoms with Crippen molar-refractivity contribution in [3.63, 3.8) is 0 Å². The van der Waals surface area contributed by atoms with Crippen molar-refractivity contribution in [2.75, 3.05) is 23.8 Å². The van der Waals surface area contributed by atoms with Gasteiger partial charge in [0.2, 0.25) is 5.91 Å². The molecule has 106 valence electrons. The van der Waals surface area contributed by atoms with Crippen LogP contribution in [0.15, 0.2) is 42.5 Å². The molecule has 21 heavy (non-hydrogen) atoms. The molecule has 0 spiro atoms. The summed E-state index contributed by atoms with van der Waals surface area (Å²) in [7, 11) is 1.84. The van der Waals surface area contributed by atoms with E-state index in [2.05, 4.69) is 5.32 Å². The fraction of sp³-hybridized carbons (Fsp3) is 0.133. The molecule has 2 aromatic carbocycles. The molecule has 2 aromatic rings. The van der Waals surface area contributed by atoms with Gasteiger partial charge in [-0.15, -0.1) is 0 Å². The average molecular weight is 283 g/mol. The van der Waals surface area contributed by atoms with Crippen LogP contribution in [-0.4, -0.2) is 24.4 Å². The van der Waals surface area contributed by atoms with Crippen LogP contribution in [0.2, 0.25) is 0 Å². The lowest BCUT2D eigenvalue weighted by Crippen LogP contribution is -2.35. The maximum absolute atomic E-state index is 11.5. The number of anilines is 2. The summed E-state index contributed by atoms with van der Waals surface area (Å²) in [6.45, 7) is 0.297. The van der Waals surface area contributed by atoms with E-state index in [0.717, 1.165) is 22.5 Å². The standard InChI is InChI=1S/C15H13N3O3/c1-17-9-15(19)16-13-6-5-11(8-14(13)17)10-3-2-4-12(7-10)18(20)21/h2-8H,9H2,1H3,(H,16,19). The Morgan fingerprint density at radius 3 is 2.71 bits per heavy atom. The Morgan fingerprint density at radius 1 is 1.19 bits per heavy atom. The highest BCUT2D eigenvalue weighted by atomic mass is 16.6. The smallest absolute Gasteiger partial charge is 0.270 e. The van der Waals surface area contributed by atoms with E-state index in [1.54, 1.807) is 12.1 Å². The van der Waals surface area contributed by atoms with E-state index in [0.29, 0.717) is 6.54 Å². The predicted molar refractivity (Wildman–Crippen MR) is 80.4 cm³/mol. The fourth-order valence-corrected chi connectivity index (χ4v) is 2.42. The number of carbonyl (C=O) groups excluding carboxylic acids is 1. The molecule has 0 fully saturated rings. The van der Waals surface area contributed by atoms with E-state index >= 15 is 0 Å². The lowest BCUT2D eigenvalue weighted by atomic mass is 10.0. The number of nitrogens with zero attached hydrogens (tertiary/aromatic N) is 2. The lowest BCUT2D eigenvalue weighted by Gasteiger charge is -2.27. The predicted octanol–water partition coefficient (Wildman–Crippen LogP) is 2.65. The maximum atomic E-state index is 11.5. The van der Waals surface area contributed by atoms with Gasteiger partial charge in [-0.2, -0.15) is 0 Å². The molecule has 0 bridgehead atoms. The normalized spacial score (nSPS) is 13.6. The number of hydrogen-bond acceptors (Lipinski definition) is 4. The molecule has 6 heteroatoms. The van der Waals surface area contributed by atoms with Gasteiger partial charge in [0.1, 0.15) is 0 Å². The van der Waals surface area contributed by atoms with Crippen molar-refractivity contribution in [3.8, 4) is 11.1 Å². The topological polar surface area (TPSA) is 75.5 Å². The van der Waals surface area contributed by atoms with E-state index in [1.165, 1.54) is 6.07 Å². The number of fused-ring (bicyclic) bond motifs is 1. The van der Waals surface area contributed by atoms with E-state index in [4.69, 9.17) is 0 Å². The van der Waals surface area contributed by atoms with Gasteiger partial charge in [0.25, 0.3) is 5.69 Å². The second kappa shape index (κ2) is 4.90. The van der Waals surface area contributed by atoms with Crippen molar-refractivity contribution in [3.05, 3.63) is 52.6 Å². The highest BCUT2D eigenvalue weighted by Crippen LogP contribution is 2.34. The third-order valence-electron chi connectivity index (χ3n) is 3.45. The van der Waals surface area contributed by atoms with Gasteiger partial charge in [0, 0.05) is 19.2 Å². The first-order chi connectivity index (χ1) is 10.0. The zero-order chi connectivity index (χ0) is 15.0. The molecular formula is C15H13N3O3. The molecule has 0 aromatic heterocycles. The van der Waals surface area contributed by atoms with Crippen LogP contribution in [-0.2, 0) is 4.79 Å². The molecule has 3 rings (SSSR count). The molecule has 1 aliphatic heterocycles. The second-order valence-corrected chi connectivity index (χ2v) is 4.94. The van der Waals surface area contributed by atoms with E-state index < -0.39 is 4.92 Å². The second-order valence-electron chi connectivity index (χ2n) is 4.94. The van der Waals surface area contributed by atoms with E-state index in [-0.39, 0.29) is 11.6 Å². The quantitative estimate of drug-likeness (QED) is 0.679. The number of hydrogen-bond donors (Lipinski definition) is 1. The Balaban J connectivity index is 2.05. The number of amides is 1. The minimum absolute atomic E-state index is 0.0481. The van der Waals surface area contributed by atoms with Gasteiger partial charge in [-0.05, 0) is 23.3 Å². The molecule has 1 N–H and O–H groups in total. The van der Waals surface area contributed by atoms with Gasteiger partial charge < -0.3 is 10.2 Å². The highest BCUT2D eigenvalue weighted by molar-refractivity contribution is 6.01. The van der Waals surface area contributed by atoms with Gasteiger partial charge in [-0.25, -0.2) is 0 Å². The molecule has 0 atom stereocenters. The van der Waals surface area contributed by atoms with Crippen LogP contribution in [0.3, 0.4) is 0 Å². The molecular weight excluding hydrogens is 270 g/mol. The summed E-state index contributed by atoms with van der Waals surface area (Å²) in [4.78, 5) is 23.8. The minimum Gasteiger partial charge on any atom is -0.364 e. The van der Waals surface area contributed by atoms with Crippen molar-refractivity contribution >= 4 is 23.0 Å². The number of nitro benzene ring substituents is 1. The van der Waals surface area contributed by atoms with Crippen molar-refractivity contribution in [2.24, 2.45) is 0 Å². The van der Waals surface area contributed by atoms with Gasteiger partial charge in [0.15, 0.2) is 0 Å². The molecule has 0 saturated carbocycles. The maximum Gasteiger partial charge on any atom is 0.270 e. The summed E-state index contributed by atoms with van der Waals surface area (Å²) in [5.74, 6) is -0.0481. The zero-order valence-corrected chi connectivity index (χ0v) is 11.4. The number of nitrogens with one attached hydrogen (secondary N) is 1. The number of benzene rings is 2. The lowest BCUT2D eigenvalue weighted by molar-refractivity contribution is -0.384. The molecule has 0 radical (unpaired) electrons. The van der Waals surface area contributed by atoms with Gasteiger partial charge in [-0.3, -0.25) is 14.9 Å². The van der Waals surface area contributed by atoms with Crippen molar-refractivity contribution in [1.82, 2.24) is 0 Å². The van der Waals surface area contributed by atoms with Gasteiger partial charge >= 0.3 is 0 Å². The Labute approximate surface area is 121 Å².